The quantitative estimate of drug-likeness (QED) is 0.662. The Kier molecular flexibility index (Phi) is 4.41. The van der Waals surface area contributed by atoms with Crippen molar-refractivity contribution < 1.29 is 9.59 Å². The summed E-state index contributed by atoms with van der Waals surface area (Å²) < 4.78 is 0. The van der Waals surface area contributed by atoms with Crippen molar-refractivity contribution in [3.05, 3.63) is 0 Å². The number of carbonyl (C=O) groups excluding carboxylic acids is 2. The van der Waals surface area contributed by atoms with Gasteiger partial charge >= 0.3 is 0 Å². The molecular formula is C9H17N3O2S. The van der Waals surface area contributed by atoms with Crippen molar-refractivity contribution in [3.63, 3.8) is 0 Å². The van der Waals surface area contributed by atoms with Gasteiger partial charge in [0.25, 0.3) is 0 Å². The molecule has 5 nitrogen and oxygen atoms in total. The molecule has 0 bridgehead atoms. The van der Waals surface area contributed by atoms with Crippen LogP contribution in [0.5, 0.6) is 0 Å². The molecule has 0 aliphatic carbocycles. The molecule has 1 rings (SSSR count). The summed E-state index contributed by atoms with van der Waals surface area (Å²) in [5.41, 5.74) is 10.6. The summed E-state index contributed by atoms with van der Waals surface area (Å²) in [5, 5.41) is 0.434. The van der Waals surface area contributed by atoms with Crippen molar-refractivity contribution >= 4 is 23.6 Å². The number of carbonyl (C=O) groups is 2. The molecule has 86 valence electrons. The van der Waals surface area contributed by atoms with Gasteiger partial charge < -0.3 is 16.4 Å². The van der Waals surface area contributed by atoms with Crippen LogP contribution in [0.25, 0.3) is 0 Å². The van der Waals surface area contributed by atoms with Crippen LogP contribution in [0.15, 0.2) is 0 Å². The van der Waals surface area contributed by atoms with Crippen LogP contribution in [0.1, 0.15) is 13.3 Å². The minimum absolute atomic E-state index is 0.0726. The Hall–Kier alpha value is -0.750. The maximum Gasteiger partial charge on any atom is 0.240 e. The van der Waals surface area contributed by atoms with Crippen molar-refractivity contribution in [2.45, 2.75) is 24.6 Å². The molecule has 2 amide bonds. The fourth-order valence-electron chi connectivity index (χ4n) is 1.56. The van der Waals surface area contributed by atoms with E-state index in [2.05, 4.69) is 6.92 Å². The van der Waals surface area contributed by atoms with Crippen LogP contribution in [0.2, 0.25) is 0 Å². The SMILES string of the molecule is CC1CN(C(=O)C(N)CC(N)=O)CCS1. The second kappa shape index (κ2) is 5.37. The molecule has 4 N–H and O–H groups in total. The average molecular weight is 231 g/mol. The van der Waals surface area contributed by atoms with Gasteiger partial charge in [0.05, 0.1) is 12.5 Å². The largest absolute Gasteiger partial charge is 0.370 e. The fraction of sp³-hybridized carbons (Fsp3) is 0.778. The maximum atomic E-state index is 11.8. The summed E-state index contributed by atoms with van der Waals surface area (Å²) in [6.07, 6.45) is -0.0726. The third kappa shape index (κ3) is 3.71. The van der Waals surface area contributed by atoms with Crippen LogP contribution in [0, 0.1) is 0 Å². The molecule has 15 heavy (non-hydrogen) atoms. The zero-order valence-electron chi connectivity index (χ0n) is 8.81. The lowest BCUT2D eigenvalue weighted by Gasteiger charge is -2.32. The number of rotatable bonds is 3. The molecule has 1 aliphatic heterocycles. The molecule has 0 aromatic carbocycles. The number of thioether (sulfide) groups is 1. The van der Waals surface area contributed by atoms with E-state index in [1.807, 2.05) is 11.8 Å². The van der Waals surface area contributed by atoms with Gasteiger partial charge in [-0.2, -0.15) is 11.8 Å². The smallest absolute Gasteiger partial charge is 0.240 e. The molecule has 1 heterocycles. The number of primary amides is 1. The van der Waals surface area contributed by atoms with Crippen LogP contribution in [0.3, 0.4) is 0 Å². The molecule has 1 aliphatic rings. The van der Waals surface area contributed by atoms with Gasteiger partial charge in [0, 0.05) is 24.1 Å². The first-order valence-electron chi connectivity index (χ1n) is 4.95. The number of amides is 2. The zero-order valence-corrected chi connectivity index (χ0v) is 9.63. The van der Waals surface area contributed by atoms with Gasteiger partial charge in [0.15, 0.2) is 0 Å². The molecule has 1 saturated heterocycles. The summed E-state index contributed by atoms with van der Waals surface area (Å²) >= 11 is 1.84. The highest BCUT2D eigenvalue weighted by Crippen LogP contribution is 2.18. The lowest BCUT2D eigenvalue weighted by Crippen LogP contribution is -2.49. The van der Waals surface area contributed by atoms with Gasteiger partial charge in [-0.1, -0.05) is 6.92 Å². The first kappa shape index (κ1) is 12.3. The van der Waals surface area contributed by atoms with E-state index >= 15 is 0 Å². The van der Waals surface area contributed by atoms with E-state index in [-0.39, 0.29) is 12.3 Å². The number of hydrogen-bond acceptors (Lipinski definition) is 4. The van der Waals surface area contributed by atoms with Gasteiger partial charge in [-0.05, 0) is 0 Å². The maximum absolute atomic E-state index is 11.8. The summed E-state index contributed by atoms with van der Waals surface area (Å²) in [7, 11) is 0. The van der Waals surface area contributed by atoms with Crippen LogP contribution in [0.4, 0.5) is 0 Å². The predicted molar refractivity (Wildman–Crippen MR) is 60.3 cm³/mol. The van der Waals surface area contributed by atoms with Gasteiger partial charge in [0.2, 0.25) is 11.8 Å². The van der Waals surface area contributed by atoms with Crippen molar-refractivity contribution in [3.8, 4) is 0 Å². The van der Waals surface area contributed by atoms with E-state index in [4.69, 9.17) is 11.5 Å². The van der Waals surface area contributed by atoms with Gasteiger partial charge in [-0.15, -0.1) is 0 Å². The Labute approximate surface area is 93.5 Å². The van der Waals surface area contributed by atoms with E-state index in [1.165, 1.54) is 0 Å². The third-order valence-corrected chi connectivity index (χ3v) is 3.43. The standard InChI is InChI=1S/C9H17N3O2S/c1-6-5-12(2-3-15-6)9(14)7(10)4-8(11)13/h6-7H,2-5,10H2,1H3,(H2,11,13). The molecular weight excluding hydrogens is 214 g/mol. The van der Waals surface area contributed by atoms with Crippen LogP contribution < -0.4 is 11.5 Å². The fourth-order valence-corrected chi connectivity index (χ4v) is 2.57. The highest BCUT2D eigenvalue weighted by atomic mass is 32.2. The van der Waals surface area contributed by atoms with Crippen molar-refractivity contribution in [1.29, 1.82) is 0 Å². The lowest BCUT2D eigenvalue weighted by atomic mass is 10.2. The third-order valence-electron chi connectivity index (χ3n) is 2.29. The van der Waals surface area contributed by atoms with E-state index < -0.39 is 11.9 Å². The van der Waals surface area contributed by atoms with Crippen molar-refractivity contribution in [1.82, 2.24) is 4.90 Å². The lowest BCUT2D eigenvalue weighted by molar-refractivity contribution is -0.134. The van der Waals surface area contributed by atoms with Crippen LogP contribution >= 0.6 is 11.8 Å². The molecule has 1 fully saturated rings. The minimum Gasteiger partial charge on any atom is -0.370 e. The van der Waals surface area contributed by atoms with Crippen LogP contribution in [-0.2, 0) is 9.59 Å². The van der Waals surface area contributed by atoms with Gasteiger partial charge in [-0.3, -0.25) is 9.59 Å². The van der Waals surface area contributed by atoms with E-state index in [9.17, 15) is 9.59 Å². The Balaban J connectivity index is 2.47. The Bertz CT molecular complexity index is 260. The Morgan fingerprint density at radius 3 is 2.80 bits per heavy atom. The summed E-state index contributed by atoms with van der Waals surface area (Å²) in [6, 6.07) is -0.780. The molecule has 2 atom stereocenters. The van der Waals surface area contributed by atoms with Crippen molar-refractivity contribution in [2.24, 2.45) is 11.5 Å². The van der Waals surface area contributed by atoms with E-state index in [1.54, 1.807) is 4.90 Å². The predicted octanol–water partition coefficient (Wildman–Crippen LogP) is -0.847. The number of nitrogens with two attached hydrogens (primary N) is 2. The molecule has 0 saturated carbocycles. The van der Waals surface area contributed by atoms with Crippen LogP contribution in [-0.4, -0.2) is 46.8 Å². The normalized spacial score (nSPS) is 23.6. The topological polar surface area (TPSA) is 89.4 Å². The summed E-state index contributed by atoms with van der Waals surface area (Å²) in [4.78, 5) is 24.1. The second-order valence-electron chi connectivity index (χ2n) is 3.74. The molecule has 0 spiro atoms. The molecule has 0 radical (unpaired) electrons. The Morgan fingerprint density at radius 1 is 1.60 bits per heavy atom. The average Bonchev–Trinajstić information content (AvgIpc) is 2.15. The van der Waals surface area contributed by atoms with E-state index in [0.717, 1.165) is 5.75 Å². The first-order valence-corrected chi connectivity index (χ1v) is 6.00. The number of hydrogen-bond donors (Lipinski definition) is 2. The van der Waals surface area contributed by atoms with Crippen molar-refractivity contribution in [2.75, 3.05) is 18.8 Å². The zero-order chi connectivity index (χ0) is 11.4. The van der Waals surface area contributed by atoms with Gasteiger partial charge in [-0.25, -0.2) is 0 Å². The number of nitrogens with zero attached hydrogens (tertiary/aromatic N) is 1. The second-order valence-corrected chi connectivity index (χ2v) is 5.29. The van der Waals surface area contributed by atoms with E-state index in [0.29, 0.717) is 18.3 Å². The molecule has 0 aromatic rings. The van der Waals surface area contributed by atoms with Gasteiger partial charge in [0.1, 0.15) is 0 Å². The molecule has 0 aromatic heterocycles. The minimum atomic E-state index is -0.780. The summed E-state index contributed by atoms with van der Waals surface area (Å²) in [5.74, 6) is 0.229. The highest BCUT2D eigenvalue weighted by Gasteiger charge is 2.26. The Morgan fingerprint density at radius 2 is 2.27 bits per heavy atom. The molecule has 2 unspecified atom stereocenters. The highest BCUT2D eigenvalue weighted by molar-refractivity contribution is 7.99. The molecule has 6 heteroatoms. The monoisotopic (exact) mass is 231 g/mol. The summed E-state index contributed by atoms with van der Waals surface area (Å²) in [6.45, 7) is 3.49. The first-order chi connectivity index (χ1) is 7.00.